The largest absolute Gasteiger partial charge is 0.360 e. The van der Waals surface area contributed by atoms with Crippen molar-refractivity contribution in [1.29, 1.82) is 0 Å². The molecule has 0 bridgehead atoms. The zero-order valence-corrected chi connectivity index (χ0v) is 11.1. The maximum Gasteiger partial charge on any atom is 0.239 e. The molecule has 0 aliphatic carbocycles. The second kappa shape index (κ2) is 6.96. The van der Waals surface area contributed by atoms with Crippen LogP contribution in [0.15, 0.2) is 18.2 Å². The number of para-hydroxylation sites is 1. The molecule has 4 nitrogen and oxygen atoms in total. The van der Waals surface area contributed by atoms with Crippen molar-refractivity contribution in [3.8, 4) is 0 Å². The minimum absolute atomic E-state index is 0.129. The van der Waals surface area contributed by atoms with Crippen molar-refractivity contribution >= 4 is 11.6 Å². The maximum absolute atomic E-state index is 14.0. The minimum Gasteiger partial charge on any atom is -0.360 e. The van der Waals surface area contributed by atoms with Crippen LogP contribution in [0.2, 0.25) is 0 Å². The average molecular weight is 253 g/mol. The predicted octanol–water partition coefficient (Wildman–Crippen LogP) is 1.12. The summed E-state index contributed by atoms with van der Waals surface area (Å²) in [6.07, 6.45) is 0. The van der Waals surface area contributed by atoms with Gasteiger partial charge in [-0.3, -0.25) is 4.79 Å². The van der Waals surface area contributed by atoms with E-state index in [1.165, 1.54) is 6.07 Å². The van der Waals surface area contributed by atoms with Crippen molar-refractivity contribution < 1.29 is 9.18 Å². The third-order valence-electron chi connectivity index (χ3n) is 2.75. The zero-order valence-electron chi connectivity index (χ0n) is 11.1. The highest BCUT2D eigenvalue weighted by Crippen LogP contribution is 2.24. The van der Waals surface area contributed by atoms with Crippen LogP contribution < -0.4 is 15.5 Å². The Morgan fingerprint density at radius 2 is 2.11 bits per heavy atom. The van der Waals surface area contributed by atoms with E-state index in [0.717, 1.165) is 5.56 Å². The Morgan fingerprint density at radius 1 is 1.39 bits per heavy atom. The van der Waals surface area contributed by atoms with Gasteiger partial charge >= 0.3 is 0 Å². The first-order valence-electron chi connectivity index (χ1n) is 6.01. The predicted molar refractivity (Wildman–Crippen MR) is 71.1 cm³/mol. The molecular weight excluding hydrogens is 233 g/mol. The van der Waals surface area contributed by atoms with E-state index in [0.29, 0.717) is 18.8 Å². The van der Waals surface area contributed by atoms with Gasteiger partial charge in [-0.2, -0.15) is 0 Å². The number of hydrogen-bond acceptors (Lipinski definition) is 3. The third-order valence-corrected chi connectivity index (χ3v) is 2.75. The van der Waals surface area contributed by atoms with E-state index < -0.39 is 0 Å². The Bertz CT molecular complexity index is 409. The fraction of sp³-hybridized carbons (Fsp3) is 0.462. The first-order chi connectivity index (χ1) is 8.63. The monoisotopic (exact) mass is 253 g/mol. The van der Waals surface area contributed by atoms with Crippen molar-refractivity contribution in [3.63, 3.8) is 0 Å². The lowest BCUT2D eigenvalue weighted by molar-refractivity contribution is -0.119. The first-order valence-corrected chi connectivity index (χ1v) is 6.01. The van der Waals surface area contributed by atoms with Crippen LogP contribution >= 0.6 is 0 Å². The van der Waals surface area contributed by atoms with E-state index in [1.54, 1.807) is 18.0 Å². The van der Waals surface area contributed by atoms with Crippen LogP contribution in [0.1, 0.15) is 12.5 Å². The molecule has 1 aromatic carbocycles. The summed E-state index contributed by atoms with van der Waals surface area (Å²) in [4.78, 5) is 13.2. The molecule has 1 amide bonds. The highest BCUT2D eigenvalue weighted by molar-refractivity contribution is 5.81. The van der Waals surface area contributed by atoms with E-state index in [2.05, 4.69) is 10.6 Å². The first kappa shape index (κ1) is 14.4. The van der Waals surface area contributed by atoms with Crippen molar-refractivity contribution in [2.75, 3.05) is 32.1 Å². The highest BCUT2D eigenvalue weighted by Gasteiger charge is 2.16. The Labute approximate surface area is 107 Å². The SMILES string of the molecule is CCN(CC(=O)NC)c1c(F)cccc1CNC. The van der Waals surface area contributed by atoms with Gasteiger partial charge in [-0.1, -0.05) is 12.1 Å². The molecule has 18 heavy (non-hydrogen) atoms. The van der Waals surface area contributed by atoms with Gasteiger partial charge in [0.2, 0.25) is 5.91 Å². The van der Waals surface area contributed by atoms with Crippen LogP contribution in [0.25, 0.3) is 0 Å². The number of hydrogen-bond donors (Lipinski definition) is 2. The lowest BCUT2D eigenvalue weighted by atomic mass is 10.1. The molecule has 0 fully saturated rings. The van der Waals surface area contributed by atoms with Gasteiger partial charge in [0, 0.05) is 20.1 Å². The molecular formula is C13H20FN3O. The van der Waals surface area contributed by atoms with E-state index in [-0.39, 0.29) is 18.3 Å². The van der Waals surface area contributed by atoms with E-state index >= 15 is 0 Å². The number of rotatable bonds is 6. The van der Waals surface area contributed by atoms with Crippen molar-refractivity contribution in [1.82, 2.24) is 10.6 Å². The van der Waals surface area contributed by atoms with Crippen molar-refractivity contribution in [2.45, 2.75) is 13.5 Å². The lowest BCUT2D eigenvalue weighted by Gasteiger charge is -2.25. The summed E-state index contributed by atoms with van der Waals surface area (Å²) in [5.74, 6) is -0.427. The summed E-state index contributed by atoms with van der Waals surface area (Å²) in [6, 6.07) is 4.96. The van der Waals surface area contributed by atoms with E-state index in [4.69, 9.17) is 0 Å². The fourth-order valence-corrected chi connectivity index (χ4v) is 1.85. The molecule has 0 saturated heterocycles. The Morgan fingerprint density at radius 3 is 2.67 bits per heavy atom. The topological polar surface area (TPSA) is 44.4 Å². The molecule has 0 aliphatic heterocycles. The van der Waals surface area contributed by atoms with Crippen LogP contribution in [-0.2, 0) is 11.3 Å². The van der Waals surface area contributed by atoms with E-state index in [1.807, 2.05) is 20.0 Å². The minimum atomic E-state index is -0.298. The number of benzene rings is 1. The standard InChI is InChI=1S/C13H20FN3O/c1-4-17(9-12(18)16-3)13-10(8-15-2)6-5-7-11(13)14/h5-7,15H,4,8-9H2,1-3H3,(H,16,18). The van der Waals surface area contributed by atoms with Crippen LogP contribution in [-0.4, -0.2) is 33.1 Å². The van der Waals surface area contributed by atoms with Gasteiger partial charge in [-0.25, -0.2) is 4.39 Å². The van der Waals surface area contributed by atoms with Crippen LogP contribution in [0, 0.1) is 5.82 Å². The molecule has 0 aliphatic rings. The Balaban J connectivity index is 3.06. The van der Waals surface area contributed by atoms with Gasteiger partial charge in [0.25, 0.3) is 0 Å². The number of nitrogens with one attached hydrogen (secondary N) is 2. The molecule has 0 unspecified atom stereocenters. The van der Waals surface area contributed by atoms with Gasteiger partial charge in [0.05, 0.1) is 12.2 Å². The van der Waals surface area contributed by atoms with Gasteiger partial charge in [-0.05, 0) is 25.6 Å². The van der Waals surface area contributed by atoms with Gasteiger partial charge < -0.3 is 15.5 Å². The second-order valence-electron chi connectivity index (χ2n) is 3.97. The maximum atomic E-state index is 14.0. The molecule has 100 valence electrons. The molecule has 1 aromatic rings. The number of nitrogens with zero attached hydrogens (tertiary/aromatic N) is 1. The van der Waals surface area contributed by atoms with Gasteiger partial charge in [0.1, 0.15) is 5.82 Å². The van der Waals surface area contributed by atoms with Crippen LogP contribution in [0.3, 0.4) is 0 Å². The Hall–Kier alpha value is -1.62. The number of amides is 1. The molecule has 2 N–H and O–H groups in total. The normalized spacial score (nSPS) is 10.2. The van der Waals surface area contributed by atoms with Crippen LogP contribution in [0.4, 0.5) is 10.1 Å². The smallest absolute Gasteiger partial charge is 0.239 e. The Kier molecular flexibility index (Phi) is 5.58. The fourth-order valence-electron chi connectivity index (χ4n) is 1.85. The number of carbonyl (C=O) groups is 1. The zero-order chi connectivity index (χ0) is 13.5. The second-order valence-corrected chi connectivity index (χ2v) is 3.97. The molecule has 0 aromatic heterocycles. The van der Waals surface area contributed by atoms with Gasteiger partial charge in [0.15, 0.2) is 0 Å². The molecule has 0 radical (unpaired) electrons. The van der Waals surface area contributed by atoms with Crippen molar-refractivity contribution in [3.05, 3.63) is 29.6 Å². The number of anilines is 1. The number of likely N-dealkylation sites (N-methyl/N-ethyl adjacent to an activating group) is 2. The third kappa shape index (κ3) is 3.43. The molecule has 0 saturated carbocycles. The molecule has 0 heterocycles. The summed E-state index contributed by atoms with van der Waals surface area (Å²) >= 11 is 0. The molecule has 0 spiro atoms. The van der Waals surface area contributed by atoms with E-state index in [9.17, 15) is 9.18 Å². The summed E-state index contributed by atoms with van der Waals surface area (Å²) in [5, 5.41) is 5.56. The molecule has 0 atom stereocenters. The molecule has 1 rings (SSSR count). The number of carbonyl (C=O) groups excluding carboxylic acids is 1. The summed E-state index contributed by atoms with van der Waals surface area (Å²) in [7, 11) is 3.38. The van der Waals surface area contributed by atoms with Crippen molar-refractivity contribution in [2.24, 2.45) is 0 Å². The number of halogens is 1. The quantitative estimate of drug-likeness (QED) is 0.798. The summed E-state index contributed by atoms with van der Waals surface area (Å²) in [6.45, 7) is 3.20. The summed E-state index contributed by atoms with van der Waals surface area (Å²) < 4.78 is 14.0. The lowest BCUT2D eigenvalue weighted by Crippen LogP contribution is -2.36. The van der Waals surface area contributed by atoms with Crippen LogP contribution in [0.5, 0.6) is 0 Å². The molecule has 5 heteroatoms. The summed E-state index contributed by atoms with van der Waals surface area (Å²) in [5.41, 5.74) is 1.35. The van der Waals surface area contributed by atoms with Gasteiger partial charge in [-0.15, -0.1) is 0 Å². The highest BCUT2D eigenvalue weighted by atomic mass is 19.1. The average Bonchev–Trinajstić information content (AvgIpc) is 2.37.